The molecule has 2 rings (SSSR count). The molecule has 0 saturated carbocycles. The minimum atomic E-state index is -0.348. The first kappa shape index (κ1) is 15.1. The van der Waals surface area contributed by atoms with Gasteiger partial charge in [-0.25, -0.2) is 0 Å². The zero-order valence-electron chi connectivity index (χ0n) is 11.3. The van der Waals surface area contributed by atoms with Crippen LogP contribution in [0.2, 0.25) is 0 Å². The van der Waals surface area contributed by atoms with Crippen LogP contribution >= 0.6 is 15.9 Å². The van der Waals surface area contributed by atoms with E-state index in [0.29, 0.717) is 21.6 Å². The quantitative estimate of drug-likeness (QED) is 0.823. The Morgan fingerprint density at radius 2 is 2.19 bits per heavy atom. The average Bonchev–Trinajstić information content (AvgIpc) is 2.44. The molecule has 0 aliphatic heterocycles. The highest BCUT2D eigenvalue weighted by Crippen LogP contribution is 2.26. The predicted molar refractivity (Wildman–Crippen MR) is 84.4 cm³/mol. The highest BCUT2D eigenvalue weighted by atomic mass is 79.9. The smallest absolute Gasteiger partial charge is 0.265 e. The summed E-state index contributed by atoms with van der Waals surface area (Å²) in [5, 5.41) is 2.68. The number of hydrogen-bond acceptors (Lipinski definition) is 4. The summed E-state index contributed by atoms with van der Waals surface area (Å²) in [4.78, 5) is 23.9. The van der Waals surface area contributed by atoms with Crippen molar-refractivity contribution in [3.63, 3.8) is 0 Å². The molecule has 21 heavy (non-hydrogen) atoms. The lowest BCUT2D eigenvalue weighted by Gasteiger charge is -2.11. The molecule has 1 amide bonds. The van der Waals surface area contributed by atoms with Gasteiger partial charge in [-0.05, 0) is 46.3 Å². The summed E-state index contributed by atoms with van der Waals surface area (Å²) in [5.41, 5.74) is 6.38. The number of aromatic nitrogens is 1. The van der Waals surface area contributed by atoms with Gasteiger partial charge < -0.3 is 20.4 Å². The van der Waals surface area contributed by atoms with Crippen LogP contribution < -0.4 is 21.3 Å². The molecular formula is C14H14BrN3O3. The van der Waals surface area contributed by atoms with E-state index in [2.05, 4.69) is 21.2 Å². The predicted octanol–water partition coefficient (Wildman–Crippen LogP) is 1.84. The van der Waals surface area contributed by atoms with E-state index in [9.17, 15) is 9.59 Å². The van der Waals surface area contributed by atoms with E-state index in [0.717, 1.165) is 0 Å². The highest BCUT2D eigenvalue weighted by molar-refractivity contribution is 9.10. The molecule has 110 valence electrons. The zero-order valence-corrected chi connectivity index (χ0v) is 12.9. The van der Waals surface area contributed by atoms with E-state index >= 15 is 0 Å². The Hall–Kier alpha value is -2.28. The van der Waals surface area contributed by atoms with Crippen LogP contribution in [0.4, 0.5) is 11.4 Å². The maximum Gasteiger partial charge on any atom is 0.265 e. The van der Waals surface area contributed by atoms with Gasteiger partial charge in [0.25, 0.3) is 5.56 Å². The van der Waals surface area contributed by atoms with Gasteiger partial charge in [-0.3, -0.25) is 9.59 Å². The molecule has 0 radical (unpaired) electrons. The lowest BCUT2D eigenvalue weighted by molar-refractivity contribution is -0.116. The van der Waals surface area contributed by atoms with E-state index in [-0.39, 0.29) is 18.0 Å². The van der Waals surface area contributed by atoms with Gasteiger partial charge in [-0.2, -0.15) is 0 Å². The second kappa shape index (κ2) is 6.45. The van der Waals surface area contributed by atoms with Gasteiger partial charge in [0.2, 0.25) is 5.91 Å². The summed E-state index contributed by atoms with van der Waals surface area (Å²) in [6.07, 6.45) is 1.54. The number of carbonyl (C=O) groups is 1. The van der Waals surface area contributed by atoms with Crippen LogP contribution in [0.1, 0.15) is 0 Å². The van der Waals surface area contributed by atoms with E-state index in [1.54, 1.807) is 36.5 Å². The summed E-state index contributed by atoms with van der Waals surface area (Å²) in [6.45, 7) is -0.101. The molecule has 0 unspecified atom stereocenters. The molecule has 0 saturated heterocycles. The van der Waals surface area contributed by atoms with Crippen LogP contribution in [0, 0.1) is 0 Å². The van der Waals surface area contributed by atoms with Crippen molar-refractivity contribution in [2.45, 2.75) is 6.54 Å². The summed E-state index contributed by atoms with van der Waals surface area (Å²) >= 11 is 3.13. The largest absolute Gasteiger partial charge is 0.495 e. The topological polar surface area (TPSA) is 86.3 Å². The first-order valence-electron chi connectivity index (χ1n) is 6.09. The fourth-order valence-corrected chi connectivity index (χ4v) is 2.18. The first-order valence-corrected chi connectivity index (χ1v) is 6.89. The van der Waals surface area contributed by atoms with Crippen LogP contribution in [-0.4, -0.2) is 17.6 Å². The van der Waals surface area contributed by atoms with Crippen LogP contribution in [0.3, 0.4) is 0 Å². The molecule has 0 aliphatic carbocycles. The van der Waals surface area contributed by atoms with Gasteiger partial charge in [-0.15, -0.1) is 0 Å². The molecule has 0 atom stereocenters. The summed E-state index contributed by atoms with van der Waals surface area (Å²) in [5.74, 6) is 0.151. The molecule has 2 aromatic rings. The molecule has 0 aliphatic rings. The molecule has 0 spiro atoms. The summed E-state index contributed by atoms with van der Waals surface area (Å²) in [7, 11) is 1.50. The van der Waals surface area contributed by atoms with Crippen molar-refractivity contribution in [1.82, 2.24) is 4.57 Å². The Bertz CT molecular complexity index is 728. The summed E-state index contributed by atoms with van der Waals surface area (Å²) < 4.78 is 6.85. The second-order valence-corrected chi connectivity index (χ2v) is 5.15. The van der Waals surface area contributed by atoms with Gasteiger partial charge in [0.15, 0.2) is 0 Å². The SMILES string of the molecule is COc1ccc(N)cc1NC(=O)Cn1cccc(Br)c1=O. The van der Waals surface area contributed by atoms with E-state index in [1.165, 1.54) is 11.7 Å². The minimum absolute atomic E-state index is 0.101. The molecule has 7 heteroatoms. The number of pyridine rings is 1. The second-order valence-electron chi connectivity index (χ2n) is 4.30. The third kappa shape index (κ3) is 3.63. The Kier molecular flexibility index (Phi) is 4.64. The van der Waals surface area contributed by atoms with Crippen LogP contribution in [0.15, 0.2) is 45.8 Å². The number of ether oxygens (including phenoxy) is 1. The number of nitrogens with two attached hydrogens (primary N) is 1. The van der Waals surface area contributed by atoms with Gasteiger partial charge in [0, 0.05) is 11.9 Å². The summed E-state index contributed by atoms with van der Waals surface area (Å²) in [6, 6.07) is 8.24. The van der Waals surface area contributed by atoms with Crippen molar-refractivity contribution in [1.29, 1.82) is 0 Å². The number of anilines is 2. The molecule has 1 aromatic heterocycles. The molecule has 0 fully saturated rings. The number of nitrogens with one attached hydrogen (secondary N) is 1. The molecule has 1 heterocycles. The highest BCUT2D eigenvalue weighted by Gasteiger charge is 2.10. The maximum atomic E-state index is 12.0. The number of benzene rings is 1. The number of nitrogens with zero attached hydrogens (tertiary/aromatic N) is 1. The van der Waals surface area contributed by atoms with Crippen molar-refractivity contribution in [3.8, 4) is 5.75 Å². The number of rotatable bonds is 4. The van der Waals surface area contributed by atoms with Crippen LogP contribution in [0.25, 0.3) is 0 Å². The number of methoxy groups -OCH3 is 1. The van der Waals surface area contributed by atoms with Crippen molar-refractivity contribution in [2.75, 3.05) is 18.2 Å². The van der Waals surface area contributed by atoms with Crippen LogP contribution in [0.5, 0.6) is 5.75 Å². The van der Waals surface area contributed by atoms with E-state index < -0.39 is 0 Å². The van der Waals surface area contributed by atoms with Crippen molar-refractivity contribution in [3.05, 3.63) is 51.4 Å². The third-order valence-electron chi connectivity index (χ3n) is 2.79. The fraction of sp³-hybridized carbons (Fsp3) is 0.143. The fourth-order valence-electron chi connectivity index (χ4n) is 1.80. The van der Waals surface area contributed by atoms with Gasteiger partial charge in [0.1, 0.15) is 12.3 Å². The first-order chi connectivity index (χ1) is 10.0. The van der Waals surface area contributed by atoms with Crippen LogP contribution in [-0.2, 0) is 11.3 Å². The minimum Gasteiger partial charge on any atom is -0.495 e. The lowest BCUT2D eigenvalue weighted by Crippen LogP contribution is -2.27. The maximum absolute atomic E-state index is 12.0. The van der Waals surface area contributed by atoms with Gasteiger partial charge in [0.05, 0.1) is 17.3 Å². The third-order valence-corrected chi connectivity index (χ3v) is 3.39. The molecule has 6 nitrogen and oxygen atoms in total. The van der Waals surface area contributed by atoms with Gasteiger partial charge >= 0.3 is 0 Å². The Morgan fingerprint density at radius 1 is 1.43 bits per heavy atom. The van der Waals surface area contributed by atoms with Crippen molar-refractivity contribution >= 4 is 33.2 Å². The molecule has 3 N–H and O–H groups in total. The van der Waals surface area contributed by atoms with Gasteiger partial charge in [-0.1, -0.05) is 0 Å². The number of halogens is 1. The number of hydrogen-bond donors (Lipinski definition) is 2. The molecular weight excluding hydrogens is 338 g/mol. The van der Waals surface area contributed by atoms with Crippen molar-refractivity contribution < 1.29 is 9.53 Å². The average molecular weight is 352 g/mol. The molecule has 1 aromatic carbocycles. The van der Waals surface area contributed by atoms with Crippen molar-refractivity contribution in [2.24, 2.45) is 0 Å². The Balaban J connectivity index is 2.17. The number of amides is 1. The molecule has 0 bridgehead atoms. The number of nitrogen functional groups attached to an aromatic ring is 1. The zero-order chi connectivity index (χ0) is 15.4. The normalized spacial score (nSPS) is 10.2. The Morgan fingerprint density at radius 3 is 2.90 bits per heavy atom. The lowest BCUT2D eigenvalue weighted by atomic mass is 10.2. The monoisotopic (exact) mass is 351 g/mol. The standard InChI is InChI=1S/C14H14BrN3O3/c1-21-12-5-4-9(16)7-11(12)17-13(19)8-18-6-2-3-10(15)14(18)20/h2-7H,8,16H2,1H3,(H,17,19). The van der Waals surface area contributed by atoms with E-state index in [4.69, 9.17) is 10.5 Å². The Labute approximate surface area is 129 Å². The van der Waals surface area contributed by atoms with E-state index in [1.807, 2.05) is 0 Å². The number of carbonyl (C=O) groups excluding carboxylic acids is 1.